The minimum Gasteiger partial charge on any atom is -0.354 e. The molecular weight excluding hydrogens is 278 g/mol. The maximum atomic E-state index is 12.0. The number of pyridine rings is 2. The molecule has 6 nitrogen and oxygen atoms in total. The summed E-state index contributed by atoms with van der Waals surface area (Å²) in [7, 11) is 0. The fourth-order valence-corrected chi connectivity index (χ4v) is 2.51. The summed E-state index contributed by atoms with van der Waals surface area (Å²) >= 11 is 0. The molecule has 1 aliphatic rings. The van der Waals surface area contributed by atoms with Gasteiger partial charge in [-0.25, -0.2) is 14.8 Å². The average molecular weight is 297 g/mol. The SMILES string of the molecule is Cc1ccc(NC(=O)NC2CCN(c3ccccn3)C2)nc1. The Morgan fingerprint density at radius 3 is 2.91 bits per heavy atom. The number of hydrogen-bond donors (Lipinski definition) is 2. The first kappa shape index (κ1) is 14.3. The summed E-state index contributed by atoms with van der Waals surface area (Å²) in [4.78, 5) is 22.7. The van der Waals surface area contributed by atoms with Crippen molar-refractivity contribution in [2.45, 2.75) is 19.4 Å². The van der Waals surface area contributed by atoms with E-state index in [2.05, 4.69) is 25.5 Å². The number of hydrogen-bond acceptors (Lipinski definition) is 4. The van der Waals surface area contributed by atoms with Gasteiger partial charge in [0.25, 0.3) is 0 Å². The molecule has 114 valence electrons. The first-order valence-corrected chi connectivity index (χ1v) is 7.37. The highest BCUT2D eigenvalue weighted by molar-refractivity contribution is 5.88. The number of nitrogens with one attached hydrogen (secondary N) is 2. The molecule has 1 saturated heterocycles. The Labute approximate surface area is 129 Å². The topological polar surface area (TPSA) is 70.2 Å². The number of anilines is 2. The number of rotatable bonds is 3. The Kier molecular flexibility index (Phi) is 4.18. The number of carbonyl (C=O) groups is 1. The lowest BCUT2D eigenvalue weighted by molar-refractivity contribution is 0.249. The van der Waals surface area contributed by atoms with Gasteiger partial charge in [-0.1, -0.05) is 12.1 Å². The standard InChI is InChI=1S/C16H19N5O/c1-12-5-6-14(18-10-12)20-16(22)19-13-7-9-21(11-13)15-4-2-3-8-17-15/h2-6,8,10,13H,7,9,11H2,1H3,(H2,18,19,20,22). The smallest absolute Gasteiger partial charge is 0.320 e. The summed E-state index contributed by atoms with van der Waals surface area (Å²) in [5.74, 6) is 1.51. The number of nitrogens with zero attached hydrogens (tertiary/aromatic N) is 3. The van der Waals surface area contributed by atoms with Crippen LogP contribution in [0.15, 0.2) is 42.7 Å². The van der Waals surface area contributed by atoms with Gasteiger partial charge in [0, 0.05) is 31.5 Å². The van der Waals surface area contributed by atoms with Crippen LogP contribution in [0.25, 0.3) is 0 Å². The van der Waals surface area contributed by atoms with Gasteiger partial charge in [-0.2, -0.15) is 0 Å². The summed E-state index contributed by atoms with van der Waals surface area (Å²) in [6.07, 6.45) is 4.42. The quantitative estimate of drug-likeness (QED) is 0.911. The molecule has 2 amide bonds. The van der Waals surface area contributed by atoms with Crippen molar-refractivity contribution in [3.05, 3.63) is 48.3 Å². The second kappa shape index (κ2) is 6.43. The van der Waals surface area contributed by atoms with E-state index in [0.29, 0.717) is 5.82 Å². The maximum absolute atomic E-state index is 12.0. The maximum Gasteiger partial charge on any atom is 0.320 e. The fraction of sp³-hybridized carbons (Fsp3) is 0.312. The summed E-state index contributed by atoms with van der Waals surface area (Å²) in [5, 5.41) is 5.74. The molecule has 1 atom stereocenters. The summed E-state index contributed by atoms with van der Waals surface area (Å²) in [5.41, 5.74) is 1.06. The third kappa shape index (κ3) is 3.52. The van der Waals surface area contributed by atoms with E-state index >= 15 is 0 Å². The van der Waals surface area contributed by atoms with Crippen LogP contribution in [0.1, 0.15) is 12.0 Å². The van der Waals surface area contributed by atoms with Gasteiger partial charge in [-0.05, 0) is 37.1 Å². The van der Waals surface area contributed by atoms with Gasteiger partial charge in [-0.15, -0.1) is 0 Å². The molecule has 1 aliphatic heterocycles. The zero-order valence-corrected chi connectivity index (χ0v) is 12.5. The van der Waals surface area contributed by atoms with E-state index in [1.807, 2.05) is 31.2 Å². The zero-order valence-electron chi connectivity index (χ0n) is 12.5. The molecule has 1 fully saturated rings. The largest absolute Gasteiger partial charge is 0.354 e. The van der Waals surface area contributed by atoms with Gasteiger partial charge >= 0.3 is 6.03 Å². The van der Waals surface area contributed by atoms with E-state index in [0.717, 1.165) is 30.9 Å². The first-order valence-electron chi connectivity index (χ1n) is 7.37. The minimum absolute atomic E-state index is 0.118. The summed E-state index contributed by atoms with van der Waals surface area (Å²) < 4.78 is 0. The van der Waals surface area contributed by atoms with Crippen molar-refractivity contribution in [2.75, 3.05) is 23.3 Å². The van der Waals surface area contributed by atoms with Crippen LogP contribution >= 0.6 is 0 Å². The fourth-order valence-electron chi connectivity index (χ4n) is 2.51. The van der Waals surface area contributed by atoms with Crippen LogP contribution in [-0.4, -0.2) is 35.1 Å². The normalized spacial score (nSPS) is 17.3. The van der Waals surface area contributed by atoms with E-state index in [4.69, 9.17) is 0 Å². The van der Waals surface area contributed by atoms with E-state index in [1.165, 1.54) is 0 Å². The van der Waals surface area contributed by atoms with Gasteiger partial charge < -0.3 is 10.2 Å². The lowest BCUT2D eigenvalue weighted by Gasteiger charge is -2.17. The third-order valence-corrected chi connectivity index (χ3v) is 3.65. The van der Waals surface area contributed by atoms with Crippen molar-refractivity contribution in [1.29, 1.82) is 0 Å². The molecule has 2 N–H and O–H groups in total. The second-order valence-electron chi connectivity index (χ2n) is 5.44. The average Bonchev–Trinajstić information content (AvgIpc) is 2.99. The van der Waals surface area contributed by atoms with Crippen molar-refractivity contribution >= 4 is 17.7 Å². The van der Waals surface area contributed by atoms with E-state index in [-0.39, 0.29) is 12.1 Å². The van der Waals surface area contributed by atoms with Gasteiger partial charge in [0.05, 0.1) is 0 Å². The van der Waals surface area contributed by atoms with Crippen molar-refractivity contribution in [3.8, 4) is 0 Å². The van der Waals surface area contributed by atoms with E-state index in [9.17, 15) is 4.79 Å². The van der Waals surface area contributed by atoms with E-state index < -0.39 is 0 Å². The molecule has 6 heteroatoms. The molecule has 0 aromatic carbocycles. The molecule has 2 aromatic heterocycles. The molecule has 0 spiro atoms. The molecule has 3 heterocycles. The van der Waals surface area contributed by atoms with Gasteiger partial charge in [0.2, 0.25) is 0 Å². The molecule has 0 bridgehead atoms. The number of aryl methyl sites for hydroxylation is 1. The van der Waals surface area contributed by atoms with Crippen molar-refractivity contribution < 1.29 is 4.79 Å². The van der Waals surface area contributed by atoms with Crippen LogP contribution in [0.5, 0.6) is 0 Å². The van der Waals surface area contributed by atoms with Crippen LogP contribution < -0.4 is 15.5 Å². The molecule has 22 heavy (non-hydrogen) atoms. The number of amides is 2. The van der Waals surface area contributed by atoms with Crippen molar-refractivity contribution in [1.82, 2.24) is 15.3 Å². The third-order valence-electron chi connectivity index (χ3n) is 3.65. The summed E-state index contributed by atoms with van der Waals surface area (Å²) in [6, 6.07) is 9.47. The Morgan fingerprint density at radius 2 is 2.18 bits per heavy atom. The highest BCUT2D eigenvalue weighted by Gasteiger charge is 2.24. The Bertz CT molecular complexity index is 629. The van der Waals surface area contributed by atoms with Crippen LogP contribution in [0.3, 0.4) is 0 Å². The monoisotopic (exact) mass is 297 g/mol. The Balaban J connectivity index is 1.51. The molecule has 0 radical (unpaired) electrons. The predicted molar refractivity (Wildman–Crippen MR) is 86.0 cm³/mol. The Hall–Kier alpha value is -2.63. The van der Waals surface area contributed by atoms with Crippen molar-refractivity contribution in [3.63, 3.8) is 0 Å². The lowest BCUT2D eigenvalue weighted by Crippen LogP contribution is -2.39. The molecule has 0 saturated carbocycles. The number of carbonyl (C=O) groups excluding carboxylic acids is 1. The second-order valence-corrected chi connectivity index (χ2v) is 5.44. The lowest BCUT2D eigenvalue weighted by atomic mass is 10.3. The van der Waals surface area contributed by atoms with Gasteiger partial charge in [0.15, 0.2) is 0 Å². The van der Waals surface area contributed by atoms with E-state index in [1.54, 1.807) is 18.5 Å². The highest BCUT2D eigenvalue weighted by atomic mass is 16.2. The molecule has 1 unspecified atom stereocenters. The molecule has 2 aromatic rings. The van der Waals surface area contributed by atoms with Gasteiger partial charge in [0.1, 0.15) is 11.6 Å². The number of urea groups is 1. The molecule has 0 aliphatic carbocycles. The van der Waals surface area contributed by atoms with Crippen LogP contribution in [0, 0.1) is 6.92 Å². The highest BCUT2D eigenvalue weighted by Crippen LogP contribution is 2.17. The molecule has 3 rings (SSSR count). The molecular formula is C16H19N5O. The van der Waals surface area contributed by atoms with Crippen LogP contribution in [-0.2, 0) is 0 Å². The number of aromatic nitrogens is 2. The minimum atomic E-state index is -0.218. The summed E-state index contributed by atoms with van der Waals surface area (Å²) in [6.45, 7) is 3.62. The van der Waals surface area contributed by atoms with Gasteiger partial charge in [-0.3, -0.25) is 5.32 Å². The first-order chi connectivity index (χ1) is 10.7. The Morgan fingerprint density at radius 1 is 1.27 bits per heavy atom. The van der Waals surface area contributed by atoms with Crippen LogP contribution in [0.4, 0.5) is 16.4 Å². The predicted octanol–water partition coefficient (Wildman–Crippen LogP) is 2.19. The van der Waals surface area contributed by atoms with Crippen molar-refractivity contribution in [2.24, 2.45) is 0 Å². The van der Waals surface area contributed by atoms with Crippen LogP contribution in [0.2, 0.25) is 0 Å². The zero-order chi connectivity index (χ0) is 15.4.